The third-order valence-corrected chi connectivity index (χ3v) is 2.64. The van der Waals surface area contributed by atoms with Crippen molar-refractivity contribution in [3.05, 3.63) is 34.9 Å². The molecule has 0 heterocycles. The summed E-state index contributed by atoms with van der Waals surface area (Å²) in [4.78, 5) is 0. The van der Waals surface area contributed by atoms with Gasteiger partial charge in [0.1, 0.15) is 0 Å². The van der Waals surface area contributed by atoms with Crippen LogP contribution < -0.4 is 11.1 Å². The van der Waals surface area contributed by atoms with Crippen LogP contribution in [-0.2, 0) is 0 Å². The summed E-state index contributed by atoms with van der Waals surface area (Å²) in [6.07, 6.45) is 0. The van der Waals surface area contributed by atoms with Gasteiger partial charge in [0.25, 0.3) is 0 Å². The molecule has 0 amide bonds. The molecule has 2 atom stereocenters. The van der Waals surface area contributed by atoms with Crippen molar-refractivity contribution in [2.45, 2.75) is 25.9 Å². The smallest absolute Gasteiger partial charge is 0.156 e. The van der Waals surface area contributed by atoms with Gasteiger partial charge in [0.15, 0.2) is 5.84 Å². The van der Waals surface area contributed by atoms with Gasteiger partial charge in [0.05, 0.1) is 6.04 Å². The highest BCUT2D eigenvalue weighted by molar-refractivity contribution is 6.30. The van der Waals surface area contributed by atoms with Gasteiger partial charge in [-0.15, -0.1) is 0 Å². The zero-order valence-electron chi connectivity index (χ0n) is 9.31. The molecule has 5 heteroatoms. The van der Waals surface area contributed by atoms with Crippen molar-refractivity contribution in [3.8, 4) is 0 Å². The van der Waals surface area contributed by atoms with Crippen molar-refractivity contribution in [3.63, 3.8) is 0 Å². The summed E-state index contributed by atoms with van der Waals surface area (Å²) >= 11 is 5.90. The zero-order chi connectivity index (χ0) is 12.1. The molecule has 1 rings (SSSR count). The molecule has 88 valence electrons. The van der Waals surface area contributed by atoms with Gasteiger partial charge in [-0.25, -0.2) is 0 Å². The van der Waals surface area contributed by atoms with Crippen LogP contribution in [0, 0.1) is 0 Å². The lowest BCUT2D eigenvalue weighted by molar-refractivity contribution is 0.314. The summed E-state index contributed by atoms with van der Waals surface area (Å²) in [5.74, 6) is 0.161. The fourth-order valence-corrected chi connectivity index (χ4v) is 1.62. The van der Waals surface area contributed by atoms with E-state index in [4.69, 9.17) is 22.5 Å². The predicted octanol–water partition coefficient (Wildman–Crippen LogP) is 2.13. The van der Waals surface area contributed by atoms with Crippen molar-refractivity contribution in [1.82, 2.24) is 5.32 Å². The Morgan fingerprint density at radius 1 is 1.50 bits per heavy atom. The first-order valence-corrected chi connectivity index (χ1v) is 5.41. The lowest BCUT2D eigenvalue weighted by atomic mass is 10.1. The van der Waals surface area contributed by atoms with E-state index in [1.165, 1.54) is 0 Å². The largest absolute Gasteiger partial charge is 0.409 e. The van der Waals surface area contributed by atoms with Crippen LogP contribution in [0.1, 0.15) is 25.5 Å². The fourth-order valence-electron chi connectivity index (χ4n) is 1.42. The topological polar surface area (TPSA) is 70.6 Å². The standard InChI is InChI=1S/C11H16ClN3O/c1-7(14-8(2)11(13)15-16)9-4-3-5-10(12)6-9/h3-8,14,16H,1-2H3,(H2,13,15)/t7-,8?/m0/s1. The van der Waals surface area contributed by atoms with Crippen molar-refractivity contribution in [2.75, 3.05) is 0 Å². The molecule has 0 bridgehead atoms. The Bertz CT molecular complexity index is 381. The monoisotopic (exact) mass is 241 g/mol. The minimum absolute atomic E-state index is 0.0778. The van der Waals surface area contributed by atoms with Crippen molar-refractivity contribution in [2.24, 2.45) is 10.9 Å². The normalized spacial score (nSPS) is 15.8. The third kappa shape index (κ3) is 3.40. The Balaban J connectivity index is 2.69. The average Bonchev–Trinajstić information content (AvgIpc) is 2.27. The van der Waals surface area contributed by atoms with E-state index < -0.39 is 0 Å². The first-order chi connectivity index (χ1) is 7.54. The Labute approximate surface area is 100 Å². The van der Waals surface area contributed by atoms with Crippen LogP contribution >= 0.6 is 11.6 Å². The molecule has 0 aliphatic carbocycles. The van der Waals surface area contributed by atoms with E-state index in [2.05, 4.69) is 10.5 Å². The number of halogens is 1. The van der Waals surface area contributed by atoms with Gasteiger partial charge in [-0.3, -0.25) is 0 Å². The van der Waals surface area contributed by atoms with E-state index in [9.17, 15) is 0 Å². The molecule has 0 saturated carbocycles. The highest BCUT2D eigenvalue weighted by atomic mass is 35.5. The number of nitrogens with two attached hydrogens (primary N) is 1. The Morgan fingerprint density at radius 3 is 2.75 bits per heavy atom. The quantitative estimate of drug-likeness (QED) is 0.327. The predicted molar refractivity (Wildman–Crippen MR) is 65.9 cm³/mol. The summed E-state index contributed by atoms with van der Waals surface area (Å²) in [6.45, 7) is 3.82. The van der Waals surface area contributed by atoms with E-state index in [1.807, 2.05) is 38.1 Å². The average molecular weight is 242 g/mol. The number of rotatable bonds is 4. The summed E-state index contributed by atoms with van der Waals surface area (Å²) in [7, 11) is 0. The van der Waals surface area contributed by atoms with Gasteiger partial charge in [0, 0.05) is 11.1 Å². The number of nitrogens with zero attached hydrogens (tertiary/aromatic N) is 1. The highest BCUT2D eigenvalue weighted by Gasteiger charge is 2.12. The lowest BCUT2D eigenvalue weighted by Crippen LogP contribution is -2.40. The molecule has 4 nitrogen and oxygen atoms in total. The van der Waals surface area contributed by atoms with Crippen molar-refractivity contribution < 1.29 is 5.21 Å². The van der Waals surface area contributed by atoms with Crippen LogP contribution in [0.2, 0.25) is 5.02 Å². The van der Waals surface area contributed by atoms with Gasteiger partial charge in [-0.2, -0.15) is 0 Å². The van der Waals surface area contributed by atoms with Crippen molar-refractivity contribution >= 4 is 17.4 Å². The van der Waals surface area contributed by atoms with Crippen molar-refractivity contribution in [1.29, 1.82) is 0 Å². The number of hydrogen-bond donors (Lipinski definition) is 3. The summed E-state index contributed by atoms with van der Waals surface area (Å²) in [6, 6.07) is 7.46. The van der Waals surface area contributed by atoms with E-state index in [1.54, 1.807) is 0 Å². The maximum absolute atomic E-state index is 8.53. The summed E-state index contributed by atoms with van der Waals surface area (Å²) in [5, 5.41) is 15.4. The number of amidine groups is 1. The second kappa shape index (κ2) is 5.72. The minimum Gasteiger partial charge on any atom is -0.409 e. The van der Waals surface area contributed by atoms with Crippen LogP contribution in [0.5, 0.6) is 0 Å². The molecule has 0 aliphatic rings. The molecular formula is C11H16ClN3O. The van der Waals surface area contributed by atoms with Crippen LogP contribution in [0.4, 0.5) is 0 Å². The molecule has 1 unspecified atom stereocenters. The first-order valence-electron chi connectivity index (χ1n) is 5.03. The Hall–Kier alpha value is -1.26. The molecule has 0 saturated heterocycles. The lowest BCUT2D eigenvalue weighted by Gasteiger charge is -2.19. The van der Waals surface area contributed by atoms with Gasteiger partial charge in [0.2, 0.25) is 0 Å². The maximum Gasteiger partial charge on any atom is 0.156 e. The van der Waals surface area contributed by atoms with Crippen LogP contribution in [0.3, 0.4) is 0 Å². The third-order valence-electron chi connectivity index (χ3n) is 2.41. The highest BCUT2D eigenvalue weighted by Crippen LogP contribution is 2.17. The van der Waals surface area contributed by atoms with E-state index in [-0.39, 0.29) is 17.9 Å². The number of oxime groups is 1. The SMILES string of the molecule is CC(N[C@@H](C)c1cccc(Cl)c1)/C(N)=N/O. The molecule has 4 N–H and O–H groups in total. The van der Waals surface area contributed by atoms with E-state index in [0.29, 0.717) is 5.02 Å². The van der Waals surface area contributed by atoms with Gasteiger partial charge < -0.3 is 16.3 Å². The molecule has 0 fully saturated rings. The molecular weight excluding hydrogens is 226 g/mol. The second-order valence-corrected chi connectivity index (χ2v) is 4.13. The Kier molecular flexibility index (Phi) is 4.58. The Morgan fingerprint density at radius 2 is 2.19 bits per heavy atom. The van der Waals surface area contributed by atoms with E-state index >= 15 is 0 Å². The van der Waals surface area contributed by atoms with Crippen LogP contribution in [0.15, 0.2) is 29.4 Å². The second-order valence-electron chi connectivity index (χ2n) is 3.69. The summed E-state index contributed by atoms with van der Waals surface area (Å²) < 4.78 is 0. The molecule has 0 radical (unpaired) electrons. The number of nitrogens with one attached hydrogen (secondary N) is 1. The fraction of sp³-hybridized carbons (Fsp3) is 0.364. The van der Waals surface area contributed by atoms with Gasteiger partial charge in [-0.1, -0.05) is 28.9 Å². The van der Waals surface area contributed by atoms with Crippen LogP contribution in [-0.4, -0.2) is 17.1 Å². The zero-order valence-corrected chi connectivity index (χ0v) is 10.1. The maximum atomic E-state index is 8.53. The minimum atomic E-state index is -0.195. The number of hydrogen-bond acceptors (Lipinski definition) is 3. The molecule has 0 spiro atoms. The molecule has 16 heavy (non-hydrogen) atoms. The number of benzene rings is 1. The molecule has 1 aromatic rings. The van der Waals surface area contributed by atoms with E-state index in [0.717, 1.165) is 5.56 Å². The summed E-state index contributed by atoms with van der Waals surface area (Å²) in [5.41, 5.74) is 6.54. The van der Waals surface area contributed by atoms with Crippen LogP contribution in [0.25, 0.3) is 0 Å². The molecule has 0 aliphatic heterocycles. The molecule has 0 aromatic heterocycles. The molecule has 1 aromatic carbocycles. The van der Waals surface area contributed by atoms with Gasteiger partial charge >= 0.3 is 0 Å². The van der Waals surface area contributed by atoms with Gasteiger partial charge in [-0.05, 0) is 31.5 Å². The first kappa shape index (κ1) is 12.8.